The first-order valence-corrected chi connectivity index (χ1v) is 9.04. The van der Waals surface area contributed by atoms with Gasteiger partial charge in [0.1, 0.15) is 11.9 Å². The maximum absolute atomic E-state index is 12.8. The summed E-state index contributed by atoms with van der Waals surface area (Å²) in [6, 6.07) is 15.8. The third kappa shape index (κ3) is 2.74. The fourth-order valence-corrected chi connectivity index (χ4v) is 3.74. The number of benzene rings is 2. The van der Waals surface area contributed by atoms with Crippen LogP contribution in [0.3, 0.4) is 0 Å². The topological polar surface area (TPSA) is 82.0 Å². The summed E-state index contributed by atoms with van der Waals surface area (Å²) in [5.74, 6) is 0.495. The van der Waals surface area contributed by atoms with Gasteiger partial charge in [0.05, 0.1) is 16.3 Å². The van der Waals surface area contributed by atoms with Crippen molar-refractivity contribution in [1.29, 1.82) is 5.26 Å². The molecule has 0 radical (unpaired) electrons. The smallest absolute Gasteiger partial charge is 0.220 e. The molecule has 1 aliphatic heterocycles. The molecular weight excluding hydrogens is 322 g/mol. The predicted molar refractivity (Wildman–Crippen MR) is 94.0 cm³/mol. The summed E-state index contributed by atoms with van der Waals surface area (Å²) in [7, 11) is -3.90. The van der Waals surface area contributed by atoms with Crippen LogP contribution < -0.4 is 10.6 Å². The average molecular weight is 339 g/mol. The summed E-state index contributed by atoms with van der Waals surface area (Å²) in [5, 5.41) is 15.4. The third-order valence-electron chi connectivity index (χ3n) is 3.90. The monoisotopic (exact) mass is 339 g/mol. The molecule has 5 nitrogen and oxygen atoms in total. The molecular formula is C18H17N3O2S. The fourth-order valence-electron chi connectivity index (χ4n) is 2.52. The molecule has 0 saturated carbocycles. The van der Waals surface area contributed by atoms with E-state index in [4.69, 9.17) is 0 Å². The Morgan fingerprint density at radius 1 is 1.00 bits per heavy atom. The number of nitrogens with one attached hydrogen (secondary N) is 2. The number of allylic oxidation sites excluding steroid dienone is 1. The number of rotatable bonds is 3. The Bertz CT molecular complexity index is 926. The van der Waals surface area contributed by atoms with Crippen molar-refractivity contribution in [1.82, 2.24) is 0 Å². The standard InChI is InChI=1S/C18H17N3O2S/c1-12(2)13-7-9-14(10-8-13)24(22,23)17(11-19)18-20-15-5-3-4-6-16(15)21-18/h3-10,12,20-21H,1-2H3. The Balaban J connectivity index is 2.02. The molecule has 0 aliphatic carbocycles. The lowest BCUT2D eigenvalue weighted by molar-refractivity contribution is 0.603. The van der Waals surface area contributed by atoms with E-state index in [1.807, 2.05) is 44.2 Å². The number of hydrogen-bond donors (Lipinski definition) is 2. The van der Waals surface area contributed by atoms with Gasteiger partial charge < -0.3 is 10.6 Å². The van der Waals surface area contributed by atoms with Gasteiger partial charge in [0.2, 0.25) is 9.84 Å². The third-order valence-corrected chi connectivity index (χ3v) is 5.63. The van der Waals surface area contributed by atoms with Crippen molar-refractivity contribution in [3.05, 3.63) is 64.8 Å². The van der Waals surface area contributed by atoms with Gasteiger partial charge in [0, 0.05) is 0 Å². The fraction of sp³-hybridized carbons (Fsp3) is 0.167. The molecule has 0 amide bonds. The molecule has 122 valence electrons. The Kier molecular flexibility index (Phi) is 4.04. The van der Waals surface area contributed by atoms with Crippen LogP contribution in [0.2, 0.25) is 0 Å². The molecule has 0 atom stereocenters. The molecule has 6 heteroatoms. The van der Waals surface area contributed by atoms with Gasteiger partial charge >= 0.3 is 0 Å². The average Bonchev–Trinajstić information content (AvgIpc) is 2.98. The van der Waals surface area contributed by atoms with E-state index < -0.39 is 9.84 Å². The van der Waals surface area contributed by atoms with E-state index in [2.05, 4.69) is 10.6 Å². The van der Waals surface area contributed by atoms with E-state index in [0.29, 0.717) is 5.92 Å². The first kappa shape index (κ1) is 16.1. The highest BCUT2D eigenvalue weighted by Crippen LogP contribution is 2.33. The zero-order chi connectivity index (χ0) is 17.3. The highest BCUT2D eigenvalue weighted by molar-refractivity contribution is 7.95. The van der Waals surface area contributed by atoms with Crippen LogP contribution in [-0.2, 0) is 9.84 Å². The lowest BCUT2D eigenvalue weighted by Crippen LogP contribution is -2.12. The van der Waals surface area contributed by atoms with E-state index in [1.54, 1.807) is 24.3 Å². The van der Waals surface area contributed by atoms with E-state index in [1.165, 1.54) is 0 Å². The van der Waals surface area contributed by atoms with Gasteiger partial charge in [-0.2, -0.15) is 5.26 Å². The van der Waals surface area contributed by atoms with Gasteiger partial charge in [0.25, 0.3) is 0 Å². The van der Waals surface area contributed by atoms with E-state index in [9.17, 15) is 13.7 Å². The minimum Gasteiger partial charge on any atom is -0.338 e. The van der Waals surface area contributed by atoms with E-state index >= 15 is 0 Å². The maximum Gasteiger partial charge on any atom is 0.220 e. The van der Waals surface area contributed by atoms with Crippen LogP contribution in [0.5, 0.6) is 0 Å². The number of hydrogen-bond acceptors (Lipinski definition) is 5. The molecule has 0 fully saturated rings. The van der Waals surface area contributed by atoms with Crippen LogP contribution in [0.15, 0.2) is 64.2 Å². The second-order valence-corrected chi connectivity index (χ2v) is 7.73. The molecule has 3 rings (SSSR count). The number of nitrogens with zero attached hydrogens (tertiary/aromatic N) is 1. The normalized spacial score (nSPS) is 13.0. The molecule has 2 aromatic carbocycles. The quantitative estimate of drug-likeness (QED) is 0.831. The Morgan fingerprint density at radius 2 is 1.54 bits per heavy atom. The minimum absolute atomic E-state index is 0.107. The Hall–Kier alpha value is -2.78. The van der Waals surface area contributed by atoms with Crippen LogP contribution in [0.1, 0.15) is 25.3 Å². The first-order valence-electron chi connectivity index (χ1n) is 7.56. The second kappa shape index (κ2) is 6.02. The number of sulfone groups is 1. The van der Waals surface area contributed by atoms with Gasteiger partial charge in [-0.05, 0) is 35.7 Å². The molecule has 0 unspecified atom stereocenters. The summed E-state index contributed by atoms with van der Waals surface area (Å²) in [5.41, 5.74) is 2.53. The lowest BCUT2D eigenvalue weighted by Gasteiger charge is -2.09. The van der Waals surface area contributed by atoms with Crippen LogP contribution >= 0.6 is 0 Å². The number of anilines is 2. The lowest BCUT2D eigenvalue weighted by atomic mass is 10.0. The highest BCUT2D eigenvalue weighted by atomic mass is 32.2. The van der Waals surface area contributed by atoms with Crippen molar-refractivity contribution in [3.63, 3.8) is 0 Å². The highest BCUT2D eigenvalue weighted by Gasteiger charge is 2.28. The van der Waals surface area contributed by atoms with Crippen LogP contribution in [0.25, 0.3) is 0 Å². The van der Waals surface area contributed by atoms with Crippen molar-refractivity contribution in [2.24, 2.45) is 0 Å². The van der Waals surface area contributed by atoms with Crippen molar-refractivity contribution in [2.45, 2.75) is 24.7 Å². The predicted octanol–water partition coefficient (Wildman–Crippen LogP) is 3.81. The van der Waals surface area contributed by atoms with Crippen LogP contribution in [0, 0.1) is 11.3 Å². The Labute approximate surface area is 141 Å². The molecule has 0 bridgehead atoms. The zero-order valence-electron chi connectivity index (χ0n) is 13.4. The number of nitriles is 1. The van der Waals surface area contributed by atoms with Crippen LogP contribution in [0.4, 0.5) is 11.4 Å². The molecule has 1 aliphatic rings. The number of fused-ring (bicyclic) bond motifs is 1. The molecule has 24 heavy (non-hydrogen) atoms. The molecule has 1 heterocycles. The summed E-state index contributed by atoms with van der Waals surface area (Å²) < 4.78 is 25.6. The summed E-state index contributed by atoms with van der Waals surface area (Å²) in [6.07, 6.45) is 0. The summed E-state index contributed by atoms with van der Waals surface area (Å²) in [6.45, 7) is 4.07. The molecule has 2 N–H and O–H groups in total. The van der Waals surface area contributed by atoms with Crippen molar-refractivity contribution in [2.75, 3.05) is 10.6 Å². The van der Waals surface area contributed by atoms with Gasteiger partial charge in [0.15, 0.2) is 4.91 Å². The zero-order valence-corrected chi connectivity index (χ0v) is 14.2. The SMILES string of the molecule is CC(C)c1ccc(S(=O)(=O)C(C#N)=C2Nc3ccccc3N2)cc1. The van der Waals surface area contributed by atoms with E-state index in [0.717, 1.165) is 16.9 Å². The maximum atomic E-state index is 12.8. The molecule has 2 aromatic rings. The molecule has 0 saturated heterocycles. The first-order chi connectivity index (χ1) is 11.4. The largest absolute Gasteiger partial charge is 0.338 e. The van der Waals surface area contributed by atoms with Gasteiger partial charge in [-0.3, -0.25) is 0 Å². The minimum atomic E-state index is -3.90. The molecule has 0 spiro atoms. The van der Waals surface area contributed by atoms with Gasteiger partial charge in [-0.1, -0.05) is 38.1 Å². The summed E-state index contributed by atoms with van der Waals surface area (Å²) >= 11 is 0. The Morgan fingerprint density at radius 3 is 2.00 bits per heavy atom. The number of para-hydroxylation sites is 2. The second-order valence-electron chi connectivity index (χ2n) is 5.84. The van der Waals surface area contributed by atoms with Crippen LogP contribution in [-0.4, -0.2) is 8.42 Å². The van der Waals surface area contributed by atoms with E-state index in [-0.39, 0.29) is 15.6 Å². The molecule has 0 aromatic heterocycles. The van der Waals surface area contributed by atoms with Crippen molar-refractivity contribution < 1.29 is 8.42 Å². The van der Waals surface area contributed by atoms with Gasteiger partial charge in [-0.15, -0.1) is 0 Å². The van der Waals surface area contributed by atoms with Gasteiger partial charge in [-0.25, -0.2) is 8.42 Å². The van der Waals surface area contributed by atoms with Crippen molar-refractivity contribution >= 4 is 21.2 Å². The summed E-state index contributed by atoms with van der Waals surface area (Å²) in [4.78, 5) is -0.216. The van der Waals surface area contributed by atoms with Crippen molar-refractivity contribution in [3.8, 4) is 6.07 Å².